The number of rotatable bonds is 7. The van der Waals surface area contributed by atoms with E-state index in [9.17, 15) is 14.4 Å². The van der Waals surface area contributed by atoms with Crippen molar-refractivity contribution in [3.63, 3.8) is 0 Å². The van der Waals surface area contributed by atoms with E-state index in [4.69, 9.17) is 0 Å². The van der Waals surface area contributed by atoms with Gasteiger partial charge in [-0.15, -0.1) is 11.3 Å². The van der Waals surface area contributed by atoms with Crippen LogP contribution in [0.1, 0.15) is 47.9 Å². The van der Waals surface area contributed by atoms with Crippen molar-refractivity contribution in [1.29, 1.82) is 0 Å². The highest BCUT2D eigenvalue weighted by atomic mass is 32.1. The molecule has 2 fully saturated rings. The maximum absolute atomic E-state index is 13.5. The van der Waals surface area contributed by atoms with Gasteiger partial charge in [0.2, 0.25) is 5.91 Å². The van der Waals surface area contributed by atoms with Crippen molar-refractivity contribution in [3.05, 3.63) is 51.5 Å². The molecule has 0 radical (unpaired) electrons. The summed E-state index contributed by atoms with van der Waals surface area (Å²) in [6, 6.07) is 7.66. The number of benzene rings is 1. The van der Waals surface area contributed by atoms with Crippen LogP contribution in [0.3, 0.4) is 0 Å². The average molecular weight is 469 g/mol. The van der Waals surface area contributed by atoms with E-state index in [0.29, 0.717) is 51.7 Å². The number of aromatic nitrogens is 1. The Bertz CT molecular complexity index is 1040. The first-order chi connectivity index (χ1) is 15.9. The molecule has 0 spiro atoms. The van der Waals surface area contributed by atoms with E-state index in [1.54, 1.807) is 16.8 Å². The van der Waals surface area contributed by atoms with Gasteiger partial charge >= 0.3 is 6.03 Å². The molecule has 7 nitrogen and oxygen atoms in total. The van der Waals surface area contributed by atoms with Crippen molar-refractivity contribution in [2.45, 2.75) is 58.4 Å². The van der Waals surface area contributed by atoms with Crippen LogP contribution < -0.4 is 5.32 Å². The van der Waals surface area contributed by atoms with Gasteiger partial charge in [-0.25, -0.2) is 9.78 Å². The van der Waals surface area contributed by atoms with Crippen LogP contribution in [0.25, 0.3) is 0 Å². The summed E-state index contributed by atoms with van der Waals surface area (Å²) in [5.74, 6) is 0.0232. The quantitative estimate of drug-likeness (QED) is 0.631. The molecule has 0 saturated carbocycles. The van der Waals surface area contributed by atoms with Gasteiger partial charge in [0.15, 0.2) is 0 Å². The minimum atomic E-state index is -0.870. The highest BCUT2D eigenvalue weighted by Gasteiger charge is 2.54. The number of amides is 4. The van der Waals surface area contributed by atoms with E-state index in [2.05, 4.69) is 10.3 Å². The molecule has 1 aromatic heterocycles. The summed E-state index contributed by atoms with van der Waals surface area (Å²) in [6.07, 6.45) is 3.00. The second kappa shape index (κ2) is 9.63. The van der Waals surface area contributed by atoms with Gasteiger partial charge in [-0.05, 0) is 50.2 Å². The molecule has 2 aliphatic rings. The predicted molar refractivity (Wildman–Crippen MR) is 128 cm³/mol. The van der Waals surface area contributed by atoms with Crippen LogP contribution in [0.5, 0.6) is 0 Å². The first-order valence-electron chi connectivity index (χ1n) is 11.7. The Balaban J connectivity index is 1.38. The Hall–Kier alpha value is -2.74. The minimum absolute atomic E-state index is 0.0246. The lowest BCUT2D eigenvalue weighted by Gasteiger charge is -2.40. The van der Waals surface area contributed by atoms with Gasteiger partial charge in [0, 0.05) is 30.9 Å². The lowest BCUT2D eigenvalue weighted by Crippen LogP contribution is -2.56. The molecule has 0 unspecified atom stereocenters. The van der Waals surface area contributed by atoms with Gasteiger partial charge in [0.25, 0.3) is 5.91 Å². The molecule has 0 aliphatic carbocycles. The third-order valence-electron chi connectivity index (χ3n) is 7.31. The Morgan fingerprint density at radius 2 is 1.94 bits per heavy atom. The third kappa shape index (κ3) is 4.53. The number of carbonyl (C=O) groups is 3. The molecule has 2 saturated heterocycles. The Morgan fingerprint density at radius 1 is 1.21 bits per heavy atom. The molecule has 1 aromatic carbocycles. The smallest absolute Gasteiger partial charge is 0.325 e. The number of hydrogen-bond acceptors (Lipinski definition) is 5. The van der Waals surface area contributed by atoms with E-state index in [1.807, 2.05) is 49.9 Å². The maximum atomic E-state index is 13.5. The normalized spacial score (nSPS) is 21.5. The number of carbonyl (C=O) groups excluding carboxylic acids is 3. The average Bonchev–Trinajstić information content (AvgIpc) is 3.34. The van der Waals surface area contributed by atoms with Crippen LogP contribution in [0, 0.1) is 19.8 Å². The second-order valence-electron chi connectivity index (χ2n) is 9.08. The molecule has 4 amide bonds. The Labute approximate surface area is 199 Å². The van der Waals surface area contributed by atoms with Crippen LogP contribution >= 0.6 is 11.3 Å². The SMILES string of the molecule is CC[C@]1(C2CCN(C(=O)Cc3ccccc3C)CC2)NC(=O)N(CCc2scnc2C)C1=O. The first-order valence-corrected chi connectivity index (χ1v) is 12.6. The fraction of sp³-hybridized carbons (Fsp3) is 0.520. The fourth-order valence-corrected chi connectivity index (χ4v) is 5.91. The number of piperidine rings is 1. The summed E-state index contributed by atoms with van der Waals surface area (Å²) >= 11 is 1.56. The highest BCUT2D eigenvalue weighted by Crippen LogP contribution is 2.36. The molecule has 2 aliphatic heterocycles. The molecule has 1 N–H and O–H groups in total. The van der Waals surface area contributed by atoms with Gasteiger partial charge in [-0.3, -0.25) is 14.5 Å². The van der Waals surface area contributed by atoms with E-state index in [0.717, 1.165) is 21.7 Å². The summed E-state index contributed by atoms with van der Waals surface area (Å²) in [6.45, 7) is 7.52. The number of urea groups is 1. The highest BCUT2D eigenvalue weighted by molar-refractivity contribution is 7.09. The van der Waals surface area contributed by atoms with Crippen LogP contribution in [0.15, 0.2) is 29.8 Å². The summed E-state index contributed by atoms with van der Waals surface area (Å²) in [5, 5.41) is 3.04. The first kappa shape index (κ1) is 23.4. The van der Waals surface area contributed by atoms with Crippen molar-refractivity contribution in [2.24, 2.45) is 5.92 Å². The fourth-order valence-electron chi connectivity index (χ4n) is 5.14. The minimum Gasteiger partial charge on any atom is -0.342 e. The summed E-state index contributed by atoms with van der Waals surface area (Å²) < 4.78 is 0. The van der Waals surface area contributed by atoms with E-state index in [1.165, 1.54) is 4.90 Å². The monoisotopic (exact) mass is 468 g/mol. The number of imide groups is 1. The lowest BCUT2D eigenvalue weighted by molar-refractivity contribution is -0.135. The number of thiazole rings is 1. The molecule has 33 heavy (non-hydrogen) atoms. The molecule has 3 heterocycles. The van der Waals surface area contributed by atoms with Crippen LogP contribution in [-0.4, -0.2) is 57.8 Å². The Kier molecular flexibility index (Phi) is 6.83. The molecular formula is C25H32N4O3S. The van der Waals surface area contributed by atoms with Gasteiger partial charge in [0.05, 0.1) is 17.6 Å². The molecular weight excluding hydrogens is 436 g/mol. The zero-order chi connectivity index (χ0) is 23.6. The standard InChI is InChI=1S/C25H32N4O3S/c1-4-25(23(31)29(24(32)27-25)14-11-21-18(3)26-16-33-21)20-9-12-28(13-10-20)22(30)15-19-8-6-5-7-17(19)2/h5-8,16,20H,4,9-15H2,1-3H3,(H,27,32)/t25-/m1/s1. The summed E-state index contributed by atoms with van der Waals surface area (Å²) in [5.41, 5.74) is 4.06. The van der Waals surface area contributed by atoms with Gasteiger partial charge in [-0.1, -0.05) is 31.2 Å². The van der Waals surface area contributed by atoms with E-state index in [-0.39, 0.29) is 23.8 Å². The van der Waals surface area contributed by atoms with Crippen molar-refractivity contribution in [2.75, 3.05) is 19.6 Å². The van der Waals surface area contributed by atoms with E-state index < -0.39 is 5.54 Å². The van der Waals surface area contributed by atoms with Gasteiger partial charge < -0.3 is 10.2 Å². The molecule has 4 rings (SSSR count). The van der Waals surface area contributed by atoms with Gasteiger partial charge in [-0.2, -0.15) is 0 Å². The zero-order valence-electron chi connectivity index (χ0n) is 19.6. The van der Waals surface area contributed by atoms with Crippen molar-refractivity contribution < 1.29 is 14.4 Å². The molecule has 1 atom stereocenters. The maximum Gasteiger partial charge on any atom is 0.325 e. The summed E-state index contributed by atoms with van der Waals surface area (Å²) in [7, 11) is 0. The molecule has 0 bridgehead atoms. The van der Waals surface area contributed by atoms with Crippen molar-refractivity contribution >= 4 is 29.2 Å². The summed E-state index contributed by atoms with van der Waals surface area (Å²) in [4.78, 5) is 47.7. The number of nitrogens with zero attached hydrogens (tertiary/aromatic N) is 3. The zero-order valence-corrected chi connectivity index (χ0v) is 20.4. The lowest BCUT2D eigenvalue weighted by atomic mass is 9.75. The molecule has 8 heteroatoms. The molecule has 176 valence electrons. The number of likely N-dealkylation sites (tertiary alicyclic amines) is 1. The second-order valence-corrected chi connectivity index (χ2v) is 10.0. The number of nitrogens with one attached hydrogen (secondary N) is 1. The number of aryl methyl sites for hydroxylation is 2. The predicted octanol–water partition coefficient (Wildman–Crippen LogP) is 3.48. The van der Waals surface area contributed by atoms with E-state index >= 15 is 0 Å². The third-order valence-corrected chi connectivity index (χ3v) is 8.31. The van der Waals surface area contributed by atoms with Crippen LogP contribution in [-0.2, 0) is 22.4 Å². The van der Waals surface area contributed by atoms with Gasteiger partial charge in [0.1, 0.15) is 5.54 Å². The topological polar surface area (TPSA) is 82.6 Å². The van der Waals surface area contributed by atoms with Crippen molar-refractivity contribution in [1.82, 2.24) is 20.1 Å². The Morgan fingerprint density at radius 3 is 2.58 bits per heavy atom. The molecule has 2 aromatic rings. The number of hydrogen-bond donors (Lipinski definition) is 1. The van der Waals surface area contributed by atoms with Crippen LogP contribution in [0.4, 0.5) is 4.79 Å². The largest absolute Gasteiger partial charge is 0.342 e. The van der Waals surface area contributed by atoms with Crippen molar-refractivity contribution in [3.8, 4) is 0 Å². The van der Waals surface area contributed by atoms with Crippen LogP contribution in [0.2, 0.25) is 0 Å².